The summed E-state index contributed by atoms with van der Waals surface area (Å²) in [5.41, 5.74) is 0.783. The summed E-state index contributed by atoms with van der Waals surface area (Å²) in [6.07, 6.45) is 0.765. The second-order valence-corrected chi connectivity index (χ2v) is 8.02. The highest BCUT2D eigenvalue weighted by Gasteiger charge is 2.42. The van der Waals surface area contributed by atoms with Crippen LogP contribution in [0.1, 0.15) is 34.1 Å². The van der Waals surface area contributed by atoms with Gasteiger partial charge in [-0.05, 0) is 35.9 Å². The Kier molecular flexibility index (Phi) is 5.15. The molecule has 2 heterocycles. The zero-order chi connectivity index (χ0) is 20.7. The predicted octanol–water partition coefficient (Wildman–Crippen LogP) is 2.67. The molecule has 5 nitrogen and oxygen atoms in total. The van der Waals surface area contributed by atoms with E-state index in [9.17, 15) is 14.0 Å². The average Bonchev–Trinajstić information content (AvgIpc) is 2.95. The van der Waals surface area contributed by atoms with Crippen molar-refractivity contribution in [3.8, 4) is 0 Å². The minimum absolute atomic E-state index is 0.0243. The molecule has 3 aromatic rings. The van der Waals surface area contributed by atoms with Gasteiger partial charge < -0.3 is 14.2 Å². The second-order valence-electron chi connectivity index (χ2n) is 7.58. The first-order chi connectivity index (χ1) is 13.9. The average molecular weight is 416 g/mol. The third-order valence-electron chi connectivity index (χ3n) is 5.17. The highest BCUT2D eigenvalue weighted by Crippen LogP contribution is 2.38. The van der Waals surface area contributed by atoms with Gasteiger partial charge in [-0.1, -0.05) is 23.7 Å². The molecule has 0 saturated heterocycles. The van der Waals surface area contributed by atoms with Gasteiger partial charge in [-0.15, -0.1) is 0 Å². The van der Waals surface area contributed by atoms with Gasteiger partial charge in [0, 0.05) is 18.0 Å². The monoisotopic (exact) mass is 415 g/mol. The van der Waals surface area contributed by atoms with Crippen LogP contribution in [0.2, 0.25) is 5.02 Å². The lowest BCUT2D eigenvalue weighted by Gasteiger charge is -2.25. The highest BCUT2D eigenvalue weighted by molar-refractivity contribution is 6.30. The van der Waals surface area contributed by atoms with E-state index in [-0.39, 0.29) is 33.6 Å². The number of carbonyl (C=O) groups is 1. The lowest BCUT2D eigenvalue weighted by Crippen LogP contribution is -3.05. The molecule has 1 atom stereocenters. The van der Waals surface area contributed by atoms with E-state index in [0.717, 1.165) is 24.6 Å². The summed E-state index contributed by atoms with van der Waals surface area (Å²) < 4.78 is 19.6. The van der Waals surface area contributed by atoms with Crippen molar-refractivity contribution >= 4 is 28.5 Å². The Morgan fingerprint density at radius 2 is 1.97 bits per heavy atom. The van der Waals surface area contributed by atoms with Crippen molar-refractivity contribution in [3.05, 3.63) is 80.4 Å². The van der Waals surface area contributed by atoms with Gasteiger partial charge in [0.2, 0.25) is 5.76 Å². The molecule has 1 N–H and O–H groups in total. The largest absolute Gasteiger partial charge is 0.450 e. The Hall–Kier alpha value is -2.70. The lowest BCUT2D eigenvalue weighted by atomic mass is 9.98. The fourth-order valence-corrected chi connectivity index (χ4v) is 4.05. The quantitative estimate of drug-likeness (QED) is 0.697. The van der Waals surface area contributed by atoms with Crippen LogP contribution in [0.4, 0.5) is 4.39 Å². The number of hydrogen-bond acceptors (Lipinski definition) is 3. The van der Waals surface area contributed by atoms with Crippen LogP contribution < -0.4 is 10.3 Å². The van der Waals surface area contributed by atoms with E-state index >= 15 is 0 Å². The van der Waals surface area contributed by atoms with E-state index < -0.39 is 11.9 Å². The van der Waals surface area contributed by atoms with Crippen molar-refractivity contribution in [2.75, 3.05) is 27.2 Å². The first-order valence-corrected chi connectivity index (χ1v) is 9.86. The van der Waals surface area contributed by atoms with Crippen LogP contribution in [-0.2, 0) is 0 Å². The number of nitrogens with one attached hydrogen (secondary N) is 1. The van der Waals surface area contributed by atoms with Crippen molar-refractivity contribution < 1.29 is 18.5 Å². The van der Waals surface area contributed by atoms with E-state index in [1.807, 2.05) is 20.2 Å². The van der Waals surface area contributed by atoms with Crippen LogP contribution in [0, 0.1) is 5.82 Å². The molecule has 1 aliphatic heterocycles. The number of nitrogens with zero attached hydrogens (tertiary/aromatic N) is 1. The molecular weight excluding hydrogens is 395 g/mol. The Labute approximate surface area is 172 Å². The minimum atomic E-state index is -0.614. The van der Waals surface area contributed by atoms with Gasteiger partial charge in [0.25, 0.3) is 5.91 Å². The molecule has 29 heavy (non-hydrogen) atoms. The molecule has 0 fully saturated rings. The molecule has 0 radical (unpaired) electrons. The topological polar surface area (TPSA) is 55.0 Å². The van der Waals surface area contributed by atoms with Crippen LogP contribution >= 0.6 is 11.6 Å². The fourth-order valence-electron chi connectivity index (χ4n) is 3.85. The smallest absolute Gasteiger partial charge is 0.290 e. The summed E-state index contributed by atoms with van der Waals surface area (Å²) in [6, 6.07) is 10.2. The van der Waals surface area contributed by atoms with Gasteiger partial charge in [0.05, 0.1) is 37.6 Å². The Bertz CT molecular complexity index is 1160. The zero-order valence-electron chi connectivity index (χ0n) is 16.2. The SMILES string of the molecule is C[NH+](C)CCCN1C(=O)c2oc3ccc(F)cc3c(=O)c2[C@H]1c1cccc(Cl)c1. The Balaban J connectivity index is 1.89. The molecule has 7 heteroatoms. The lowest BCUT2D eigenvalue weighted by molar-refractivity contribution is -0.858. The summed E-state index contributed by atoms with van der Waals surface area (Å²) in [7, 11) is 4.09. The molecule has 0 spiro atoms. The highest BCUT2D eigenvalue weighted by atomic mass is 35.5. The molecule has 0 aliphatic carbocycles. The molecule has 1 amide bonds. The van der Waals surface area contributed by atoms with Crippen molar-refractivity contribution in [3.63, 3.8) is 0 Å². The first-order valence-electron chi connectivity index (χ1n) is 9.48. The van der Waals surface area contributed by atoms with Crippen molar-refractivity contribution in [1.29, 1.82) is 0 Å². The van der Waals surface area contributed by atoms with E-state index in [2.05, 4.69) is 0 Å². The van der Waals surface area contributed by atoms with Gasteiger partial charge in [-0.25, -0.2) is 4.39 Å². The van der Waals surface area contributed by atoms with Gasteiger partial charge in [-0.3, -0.25) is 9.59 Å². The van der Waals surface area contributed by atoms with Gasteiger partial charge in [0.1, 0.15) is 11.4 Å². The third-order valence-corrected chi connectivity index (χ3v) is 5.40. The van der Waals surface area contributed by atoms with Crippen LogP contribution in [0.25, 0.3) is 11.0 Å². The van der Waals surface area contributed by atoms with Crippen LogP contribution in [0.3, 0.4) is 0 Å². The van der Waals surface area contributed by atoms with Gasteiger partial charge >= 0.3 is 0 Å². The number of quaternary nitrogens is 1. The van der Waals surface area contributed by atoms with E-state index in [4.69, 9.17) is 16.0 Å². The predicted molar refractivity (Wildman–Crippen MR) is 109 cm³/mol. The molecule has 0 unspecified atom stereocenters. The number of halogens is 2. The van der Waals surface area contributed by atoms with Crippen LogP contribution in [0.15, 0.2) is 51.7 Å². The second kappa shape index (κ2) is 7.61. The van der Waals surface area contributed by atoms with Crippen molar-refractivity contribution in [1.82, 2.24) is 4.90 Å². The molecule has 2 aromatic carbocycles. The molecule has 4 rings (SSSR count). The number of carbonyl (C=O) groups excluding carboxylic acids is 1. The van der Waals surface area contributed by atoms with E-state index in [1.165, 1.54) is 17.0 Å². The normalized spacial score (nSPS) is 16.1. The van der Waals surface area contributed by atoms with Gasteiger partial charge in [0.15, 0.2) is 5.43 Å². The summed E-state index contributed by atoms with van der Waals surface area (Å²) in [5.74, 6) is -0.836. The van der Waals surface area contributed by atoms with E-state index in [0.29, 0.717) is 11.6 Å². The summed E-state index contributed by atoms with van der Waals surface area (Å²) in [5, 5.41) is 0.639. The standard InChI is InChI=1S/C22H20ClFN2O3/c1-25(2)9-4-10-26-19(13-5-3-6-14(23)11-13)18-20(27)16-12-15(24)7-8-17(16)29-21(18)22(26)28/h3,5-8,11-12,19H,4,9-10H2,1-2H3/p+1/t19-/m1/s1. The first kappa shape index (κ1) is 19.6. The number of fused-ring (bicyclic) bond motifs is 2. The maximum Gasteiger partial charge on any atom is 0.290 e. The maximum absolute atomic E-state index is 13.8. The maximum atomic E-state index is 13.8. The number of amides is 1. The van der Waals surface area contributed by atoms with E-state index in [1.54, 1.807) is 23.1 Å². The minimum Gasteiger partial charge on any atom is -0.450 e. The molecule has 150 valence electrons. The Morgan fingerprint density at radius 3 is 2.69 bits per heavy atom. The number of benzene rings is 2. The number of rotatable bonds is 5. The van der Waals surface area contributed by atoms with Crippen molar-refractivity contribution in [2.45, 2.75) is 12.5 Å². The summed E-state index contributed by atoms with van der Waals surface area (Å²) >= 11 is 6.18. The van der Waals surface area contributed by atoms with Crippen molar-refractivity contribution in [2.24, 2.45) is 0 Å². The van der Waals surface area contributed by atoms with Gasteiger partial charge in [-0.2, -0.15) is 0 Å². The summed E-state index contributed by atoms with van der Waals surface area (Å²) in [4.78, 5) is 29.4. The van der Waals surface area contributed by atoms with Crippen LogP contribution in [0.5, 0.6) is 0 Å². The molecular formula is C22H21ClFN2O3+. The molecule has 1 aromatic heterocycles. The fraction of sp³-hybridized carbons (Fsp3) is 0.273. The molecule has 1 aliphatic rings. The van der Waals surface area contributed by atoms with Crippen LogP contribution in [-0.4, -0.2) is 38.0 Å². The summed E-state index contributed by atoms with van der Waals surface area (Å²) in [6.45, 7) is 1.34. The molecule has 0 bridgehead atoms. The third kappa shape index (κ3) is 3.54. The number of hydrogen-bond donors (Lipinski definition) is 1. The molecule has 0 saturated carbocycles. The zero-order valence-corrected chi connectivity index (χ0v) is 16.9. The Morgan fingerprint density at radius 1 is 1.17 bits per heavy atom.